The van der Waals surface area contributed by atoms with Crippen molar-refractivity contribution < 1.29 is 78.8 Å². The molecule has 1 aliphatic rings. The second-order valence-corrected chi connectivity index (χ2v) is 14.8. The number of carbonyl (C=O) groups excluding carboxylic acids is 4. The number of ether oxygens (including phenoxy) is 7. The van der Waals surface area contributed by atoms with Crippen molar-refractivity contribution in [1.82, 2.24) is 9.96 Å². The van der Waals surface area contributed by atoms with Crippen molar-refractivity contribution in [3.05, 3.63) is 40.3 Å². The molecule has 0 saturated carbocycles. The molecular weight excluding hydrogens is 815 g/mol. The molecule has 0 bridgehead atoms. The van der Waals surface area contributed by atoms with E-state index in [1.54, 1.807) is 4.90 Å². The summed E-state index contributed by atoms with van der Waals surface area (Å²) in [5.41, 5.74) is 7.20. The maximum Gasteiger partial charge on any atom is 0.534 e. The highest BCUT2D eigenvalue weighted by Crippen LogP contribution is 2.30. The Morgan fingerprint density at radius 1 is 0.814 bits per heavy atom. The van der Waals surface area contributed by atoms with Crippen molar-refractivity contribution in [1.29, 1.82) is 0 Å². The number of azide groups is 1. The first-order chi connectivity index (χ1) is 28.3. The molecule has 0 radical (unpaired) electrons. The molecule has 1 unspecified atom stereocenters. The van der Waals surface area contributed by atoms with Crippen LogP contribution < -0.4 is 0 Å². The minimum Gasteiger partial charge on any atom is -0.428 e. The van der Waals surface area contributed by atoms with Crippen LogP contribution in [0.15, 0.2) is 34.3 Å². The number of alkyl halides is 3. The zero-order chi connectivity index (χ0) is 43.4. The first-order valence-corrected chi connectivity index (χ1v) is 20.8. The summed E-state index contributed by atoms with van der Waals surface area (Å²) >= 11 is 0. The second-order valence-electron chi connectivity index (χ2n) is 12.7. The lowest BCUT2D eigenvalue weighted by Crippen LogP contribution is -2.37. The molecule has 0 spiro atoms. The molecule has 1 fully saturated rings. The van der Waals surface area contributed by atoms with Crippen LogP contribution in [0.25, 0.3) is 10.4 Å². The van der Waals surface area contributed by atoms with E-state index in [1.807, 2.05) is 6.92 Å². The van der Waals surface area contributed by atoms with Crippen LogP contribution in [0, 0.1) is 0 Å². The van der Waals surface area contributed by atoms with Gasteiger partial charge in [0.25, 0.3) is 11.8 Å². The van der Waals surface area contributed by atoms with E-state index in [0.717, 1.165) is 18.6 Å². The van der Waals surface area contributed by atoms with E-state index < -0.39 is 56.3 Å². The fraction of sp³-hybridized carbons (Fsp3) is 0.722. The summed E-state index contributed by atoms with van der Waals surface area (Å²) in [5, 5.41) is 3.59. The van der Waals surface area contributed by atoms with Crippen molar-refractivity contribution in [3.63, 3.8) is 0 Å². The number of hydroxylamine groups is 2. The molecule has 23 heteroatoms. The van der Waals surface area contributed by atoms with E-state index in [1.165, 1.54) is 0 Å². The predicted octanol–water partition coefficient (Wildman–Crippen LogP) is 4.27. The van der Waals surface area contributed by atoms with Crippen LogP contribution in [0.3, 0.4) is 0 Å². The lowest BCUT2D eigenvalue weighted by molar-refractivity contribution is -0.178. The summed E-state index contributed by atoms with van der Waals surface area (Å²) in [6.45, 7) is 6.64. The standard InChI is InChI=1S/C36H54F3N5O14S/c1-2-16-51-20-24-55-26-22-53-18-14-43(15-19-54-23-27-56-25-21-52-17-13-41-42-40)32(45)6-4-3-5-30(57-35(48)58-44-33(46)11-12-34(44)47)28-59(49,50)31-9-7-29(8-10-31)36(37,38)39/h7-10,30H,2-6,11-28H2,1H3. The minimum absolute atomic E-state index is 0.00324. The van der Waals surface area contributed by atoms with Gasteiger partial charge in [0.1, 0.15) is 6.10 Å². The Morgan fingerprint density at radius 3 is 1.83 bits per heavy atom. The SMILES string of the molecule is CCCOCCOCCOCCN(CCOCCOCCOCCN=[N+]=[N-])C(=O)CCCCC(CS(=O)(=O)c1ccc(C(F)(F)F)cc1)OC(=O)ON1C(=O)CCC1=O. The molecule has 1 saturated heterocycles. The highest BCUT2D eigenvalue weighted by Gasteiger charge is 2.35. The molecule has 59 heavy (non-hydrogen) atoms. The molecule has 3 amide bonds. The number of sulfone groups is 1. The Balaban J connectivity index is 1.95. The van der Waals surface area contributed by atoms with Gasteiger partial charge < -0.3 is 38.1 Å². The van der Waals surface area contributed by atoms with Crippen LogP contribution in [0.1, 0.15) is 57.4 Å². The van der Waals surface area contributed by atoms with Crippen molar-refractivity contribution in [2.45, 2.75) is 69.0 Å². The number of amides is 3. The monoisotopic (exact) mass is 869 g/mol. The van der Waals surface area contributed by atoms with Gasteiger partial charge in [0.2, 0.25) is 5.91 Å². The topological polar surface area (TPSA) is 231 Å². The summed E-state index contributed by atoms with van der Waals surface area (Å²) in [7, 11) is -4.33. The molecule has 1 aliphatic heterocycles. The number of halogens is 3. The van der Waals surface area contributed by atoms with Gasteiger partial charge in [-0.15, -0.1) is 0 Å². The maximum atomic E-state index is 13.3. The van der Waals surface area contributed by atoms with Crippen LogP contribution in [-0.4, -0.2) is 153 Å². The van der Waals surface area contributed by atoms with Gasteiger partial charge in [-0.25, -0.2) is 13.2 Å². The summed E-state index contributed by atoms with van der Waals surface area (Å²) in [4.78, 5) is 58.1. The van der Waals surface area contributed by atoms with Crippen LogP contribution in [0.2, 0.25) is 0 Å². The van der Waals surface area contributed by atoms with Crippen molar-refractivity contribution in [2.24, 2.45) is 5.11 Å². The number of rotatable bonds is 33. The molecule has 1 atom stereocenters. The minimum atomic E-state index is -4.70. The number of hydrogen-bond acceptors (Lipinski definition) is 15. The molecule has 1 aromatic carbocycles. The number of nitrogens with zero attached hydrogens (tertiary/aromatic N) is 5. The molecule has 19 nitrogen and oxygen atoms in total. The van der Waals surface area contributed by atoms with E-state index in [2.05, 4.69) is 10.0 Å². The van der Waals surface area contributed by atoms with Gasteiger partial charge in [0.05, 0.1) is 88.9 Å². The fourth-order valence-corrected chi connectivity index (χ4v) is 6.62. The van der Waals surface area contributed by atoms with Gasteiger partial charge in [-0.05, 0) is 55.5 Å². The van der Waals surface area contributed by atoms with Crippen LogP contribution in [0.5, 0.6) is 0 Å². The Morgan fingerprint density at radius 2 is 1.32 bits per heavy atom. The predicted molar refractivity (Wildman–Crippen MR) is 200 cm³/mol. The molecule has 2 rings (SSSR count). The summed E-state index contributed by atoms with van der Waals surface area (Å²) < 4.78 is 104. The largest absolute Gasteiger partial charge is 0.534 e. The van der Waals surface area contributed by atoms with Crippen LogP contribution >= 0.6 is 0 Å². The van der Waals surface area contributed by atoms with E-state index in [9.17, 15) is 40.8 Å². The molecule has 334 valence electrons. The highest BCUT2D eigenvalue weighted by atomic mass is 32.2. The molecule has 1 heterocycles. The molecule has 0 aliphatic carbocycles. The normalized spacial score (nSPS) is 13.7. The summed E-state index contributed by atoms with van der Waals surface area (Å²) in [6.07, 6.45) is -6.90. The maximum absolute atomic E-state index is 13.3. The van der Waals surface area contributed by atoms with Crippen molar-refractivity contribution >= 4 is 33.7 Å². The van der Waals surface area contributed by atoms with Gasteiger partial charge >= 0.3 is 12.3 Å². The molecule has 0 aromatic heterocycles. The zero-order valence-electron chi connectivity index (χ0n) is 33.1. The average molecular weight is 870 g/mol. The van der Waals surface area contributed by atoms with Gasteiger partial charge in [-0.1, -0.05) is 17.1 Å². The summed E-state index contributed by atoms with van der Waals surface area (Å²) in [6, 6.07) is 2.79. The molecule has 0 N–H and O–H groups in total. The summed E-state index contributed by atoms with van der Waals surface area (Å²) in [5.74, 6) is -2.73. The fourth-order valence-electron chi connectivity index (χ4n) is 5.15. The third-order valence-electron chi connectivity index (χ3n) is 8.15. The lowest BCUT2D eigenvalue weighted by Gasteiger charge is -2.23. The smallest absolute Gasteiger partial charge is 0.428 e. The number of imide groups is 1. The quantitative estimate of drug-likeness (QED) is 0.0240. The van der Waals surface area contributed by atoms with Gasteiger partial charge in [0, 0.05) is 50.4 Å². The highest BCUT2D eigenvalue weighted by molar-refractivity contribution is 7.91. The number of carbonyl (C=O) groups is 4. The Kier molecular flexibility index (Phi) is 25.3. The van der Waals surface area contributed by atoms with Crippen molar-refractivity contribution in [3.8, 4) is 0 Å². The third-order valence-corrected chi connectivity index (χ3v) is 9.95. The second kappa shape index (κ2) is 29.2. The Bertz CT molecular complexity index is 1550. The number of unbranched alkanes of at least 4 members (excludes halogenated alkanes) is 1. The van der Waals surface area contributed by atoms with Gasteiger partial charge in [-0.3, -0.25) is 19.2 Å². The van der Waals surface area contributed by atoms with E-state index in [4.69, 9.17) is 43.5 Å². The van der Waals surface area contributed by atoms with E-state index in [0.29, 0.717) is 51.8 Å². The average Bonchev–Trinajstić information content (AvgIpc) is 3.51. The van der Waals surface area contributed by atoms with Crippen LogP contribution in [-0.2, 0) is 68.4 Å². The number of hydrogen-bond donors (Lipinski definition) is 0. The van der Waals surface area contributed by atoms with Gasteiger partial charge in [0.15, 0.2) is 9.84 Å². The lowest BCUT2D eigenvalue weighted by atomic mass is 10.1. The molecular formula is C36H54F3N5O14S. The third kappa shape index (κ3) is 22.2. The Hall–Kier alpha value is -4.09. The Labute approximate surface area is 341 Å². The van der Waals surface area contributed by atoms with E-state index in [-0.39, 0.29) is 109 Å². The first kappa shape index (κ1) is 51.1. The van der Waals surface area contributed by atoms with Gasteiger partial charge in [-0.2, -0.15) is 13.2 Å². The first-order valence-electron chi connectivity index (χ1n) is 19.2. The van der Waals surface area contributed by atoms with Crippen LogP contribution in [0.4, 0.5) is 18.0 Å². The van der Waals surface area contributed by atoms with E-state index >= 15 is 0 Å². The molecule has 1 aromatic rings. The van der Waals surface area contributed by atoms with Crippen molar-refractivity contribution in [2.75, 3.05) is 105 Å². The zero-order valence-corrected chi connectivity index (χ0v) is 34.0. The number of benzene rings is 1.